The second kappa shape index (κ2) is 5.24. The third kappa shape index (κ3) is 2.37. The highest BCUT2D eigenvalue weighted by Crippen LogP contribution is 2.32. The van der Waals surface area contributed by atoms with Crippen LogP contribution in [0.25, 0.3) is 11.0 Å². The lowest BCUT2D eigenvalue weighted by Gasteiger charge is -2.10. The molecule has 1 heterocycles. The van der Waals surface area contributed by atoms with E-state index >= 15 is 0 Å². The van der Waals surface area contributed by atoms with Crippen molar-refractivity contribution >= 4 is 38.5 Å². The zero-order valence-electron chi connectivity index (χ0n) is 10.9. The average molecular weight is 351 g/mol. The summed E-state index contributed by atoms with van der Waals surface area (Å²) in [6.07, 6.45) is 0. The molecule has 2 N–H and O–H groups in total. The van der Waals surface area contributed by atoms with Crippen LogP contribution < -0.4 is 5.73 Å². The first-order chi connectivity index (χ1) is 9.56. The van der Waals surface area contributed by atoms with Gasteiger partial charge in [-0.15, -0.1) is 0 Å². The van der Waals surface area contributed by atoms with Crippen molar-refractivity contribution in [3.05, 3.63) is 68.8 Å². The molecule has 3 aromatic rings. The van der Waals surface area contributed by atoms with Gasteiger partial charge in [-0.05, 0) is 52.2 Å². The number of nitrogens with two attached hydrogens (primary N) is 1. The van der Waals surface area contributed by atoms with Gasteiger partial charge in [0, 0.05) is 10.4 Å². The number of fused-ring (bicyclic) bond motifs is 1. The second-order valence-electron chi connectivity index (χ2n) is 4.79. The van der Waals surface area contributed by atoms with Gasteiger partial charge in [-0.25, -0.2) is 0 Å². The number of hydrogen-bond donors (Lipinski definition) is 1. The van der Waals surface area contributed by atoms with E-state index in [0.29, 0.717) is 0 Å². The van der Waals surface area contributed by atoms with Crippen molar-refractivity contribution < 1.29 is 4.42 Å². The standard InChI is InChI=1S/C16H13BrClNO/c1-9-5-6-10(7-13(9)18)15(19)14-8-11-3-2-4-12(17)16(11)20-14/h2-8,15H,19H2,1H3. The van der Waals surface area contributed by atoms with E-state index in [4.69, 9.17) is 21.8 Å². The minimum absolute atomic E-state index is 0.326. The fraction of sp³-hybridized carbons (Fsp3) is 0.125. The first-order valence-electron chi connectivity index (χ1n) is 6.26. The number of furan rings is 1. The number of hydrogen-bond acceptors (Lipinski definition) is 2. The maximum Gasteiger partial charge on any atom is 0.148 e. The molecule has 0 aliphatic rings. The first-order valence-corrected chi connectivity index (χ1v) is 7.43. The Morgan fingerprint density at radius 3 is 2.70 bits per heavy atom. The summed E-state index contributed by atoms with van der Waals surface area (Å²) in [5.74, 6) is 0.729. The Hall–Kier alpha value is -1.29. The first kappa shape index (κ1) is 13.7. The number of para-hydroxylation sites is 1. The normalized spacial score (nSPS) is 12.8. The largest absolute Gasteiger partial charge is 0.458 e. The van der Waals surface area contributed by atoms with Crippen LogP contribution in [-0.2, 0) is 0 Å². The van der Waals surface area contributed by atoms with Crippen LogP contribution >= 0.6 is 27.5 Å². The minimum atomic E-state index is -0.326. The van der Waals surface area contributed by atoms with E-state index in [0.717, 1.165) is 37.4 Å². The Labute approximate surface area is 130 Å². The van der Waals surface area contributed by atoms with E-state index < -0.39 is 0 Å². The average Bonchev–Trinajstić information content (AvgIpc) is 2.86. The van der Waals surface area contributed by atoms with Crippen molar-refractivity contribution in [3.63, 3.8) is 0 Å². The zero-order chi connectivity index (χ0) is 14.3. The van der Waals surface area contributed by atoms with E-state index in [9.17, 15) is 0 Å². The Kier molecular flexibility index (Phi) is 3.59. The Balaban J connectivity index is 2.05. The Bertz CT molecular complexity index is 781. The molecule has 4 heteroatoms. The van der Waals surface area contributed by atoms with Crippen LogP contribution in [0, 0.1) is 6.92 Å². The molecule has 0 saturated heterocycles. The molecule has 2 nitrogen and oxygen atoms in total. The van der Waals surface area contributed by atoms with Crippen LogP contribution in [0.1, 0.15) is 22.9 Å². The van der Waals surface area contributed by atoms with E-state index in [1.54, 1.807) is 0 Å². The number of halogens is 2. The summed E-state index contributed by atoms with van der Waals surface area (Å²) in [5.41, 5.74) is 9.07. The van der Waals surface area contributed by atoms with Crippen LogP contribution in [0.2, 0.25) is 5.02 Å². The number of rotatable bonds is 2. The molecule has 1 atom stereocenters. The van der Waals surface area contributed by atoms with Gasteiger partial charge in [-0.1, -0.05) is 35.9 Å². The van der Waals surface area contributed by atoms with Gasteiger partial charge in [0.25, 0.3) is 0 Å². The van der Waals surface area contributed by atoms with Crippen molar-refractivity contribution in [1.29, 1.82) is 0 Å². The van der Waals surface area contributed by atoms with Gasteiger partial charge in [0.1, 0.15) is 11.3 Å². The van der Waals surface area contributed by atoms with Gasteiger partial charge < -0.3 is 10.2 Å². The van der Waals surface area contributed by atoms with Crippen molar-refractivity contribution in [2.45, 2.75) is 13.0 Å². The Morgan fingerprint density at radius 2 is 2.00 bits per heavy atom. The molecule has 20 heavy (non-hydrogen) atoms. The third-order valence-electron chi connectivity index (χ3n) is 3.38. The summed E-state index contributed by atoms with van der Waals surface area (Å²) in [5, 5.41) is 1.75. The van der Waals surface area contributed by atoms with Gasteiger partial charge in [-0.2, -0.15) is 0 Å². The topological polar surface area (TPSA) is 39.2 Å². The van der Waals surface area contributed by atoms with Crippen molar-refractivity contribution in [2.24, 2.45) is 5.73 Å². The van der Waals surface area contributed by atoms with E-state index in [2.05, 4.69) is 15.9 Å². The Morgan fingerprint density at radius 1 is 1.20 bits per heavy atom. The molecule has 0 radical (unpaired) electrons. The fourth-order valence-electron chi connectivity index (χ4n) is 2.17. The molecule has 0 bridgehead atoms. The molecule has 3 rings (SSSR count). The lowest BCUT2D eigenvalue weighted by molar-refractivity contribution is 0.524. The predicted octanol–water partition coefficient (Wildman–Crippen LogP) is 5.21. The summed E-state index contributed by atoms with van der Waals surface area (Å²) < 4.78 is 6.80. The molecule has 0 amide bonds. The molecule has 0 aliphatic carbocycles. The molecule has 0 spiro atoms. The van der Waals surface area contributed by atoms with Gasteiger partial charge in [0.2, 0.25) is 0 Å². The van der Waals surface area contributed by atoms with Gasteiger partial charge >= 0.3 is 0 Å². The maximum absolute atomic E-state index is 6.28. The van der Waals surface area contributed by atoms with Gasteiger partial charge in [0.05, 0.1) is 10.5 Å². The second-order valence-corrected chi connectivity index (χ2v) is 6.05. The van der Waals surface area contributed by atoms with Gasteiger partial charge in [0.15, 0.2) is 0 Å². The quantitative estimate of drug-likeness (QED) is 0.689. The monoisotopic (exact) mass is 349 g/mol. The van der Waals surface area contributed by atoms with Crippen LogP contribution in [-0.4, -0.2) is 0 Å². The van der Waals surface area contributed by atoms with E-state index in [1.165, 1.54) is 0 Å². The zero-order valence-corrected chi connectivity index (χ0v) is 13.2. The third-order valence-corrected chi connectivity index (χ3v) is 4.41. The summed E-state index contributed by atoms with van der Waals surface area (Å²) in [6.45, 7) is 1.97. The highest BCUT2D eigenvalue weighted by Gasteiger charge is 2.16. The van der Waals surface area contributed by atoms with Crippen LogP contribution in [0.15, 0.2) is 51.4 Å². The number of benzene rings is 2. The molecule has 102 valence electrons. The van der Waals surface area contributed by atoms with Crippen molar-refractivity contribution in [3.8, 4) is 0 Å². The highest BCUT2D eigenvalue weighted by atomic mass is 79.9. The smallest absolute Gasteiger partial charge is 0.148 e. The van der Waals surface area contributed by atoms with E-state index in [1.807, 2.05) is 49.4 Å². The molecule has 1 aromatic heterocycles. The maximum atomic E-state index is 6.28. The lowest BCUT2D eigenvalue weighted by atomic mass is 10.0. The van der Waals surface area contributed by atoms with Crippen molar-refractivity contribution in [2.75, 3.05) is 0 Å². The van der Waals surface area contributed by atoms with Crippen molar-refractivity contribution in [1.82, 2.24) is 0 Å². The molecular formula is C16H13BrClNO. The predicted molar refractivity (Wildman–Crippen MR) is 86.1 cm³/mol. The van der Waals surface area contributed by atoms with Crippen LogP contribution in [0.4, 0.5) is 0 Å². The van der Waals surface area contributed by atoms with Crippen LogP contribution in [0.5, 0.6) is 0 Å². The molecule has 0 aliphatic heterocycles. The lowest BCUT2D eigenvalue weighted by Crippen LogP contribution is -2.10. The SMILES string of the molecule is Cc1ccc(C(N)c2cc3cccc(Br)c3o2)cc1Cl. The summed E-state index contributed by atoms with van der Waals surface area (Å²) >= 11 is 9.64. The van der Waals surface area contributed by atoms with Crippen LogP contribution in [0.3, 0.4) is 0 Å². The minimum Gasteiger partial charge on any atom is -0.458 e. The fourth-order valence-corrected chi connectivity index (χ4v) is 2.82. The van der Waals surface area contributed by atoms with E-state index in [-0.39, 0.29) is 6.04 Å². The molecule has 2 aromatic carbocycles. The molecular weight excluding hydrogens is 338 g/mol. The summed E-state index contributed by atoms with van der Waals surface area (Å²) in [7, 11) is 0. The molecule has 0 saturated carbocycles. The van der Waals surface area contributed by atoms with Gasteiger partial charge in [-0.3, -0.25) is 0 Å². The molecule has 0 fully saturated rings. The summed E-state index contributed by atoms with van der Waals surface area (Å²) in [6, 6.07) is 13.4. The number of aryl methyl sites for hydroxylation is 1. The molecule has 1 unspecified atom stereocenters. The highest BCUT2D eigenvalue weighted by molar-refractivity contribution is 9.10. The summed E-state index contributed by atoms with van der Waals surface area (Å²) in [4.78, 5) is 0.